The molecule has 0 spiro atoms. The highest BCUT2D eigenvalue weighted by Gasteiger charge is 2.34. The van der Waals surface area contributed by atoms with Crippen LogP contribution in [-0.2, 0) is 32.6 Å². The minimum atomic E-state index is -4.00. The molecule has 0 saturated carbocycles. The Hall–Kier alpha value is -3.47. The third-order valence-corrected chi connectivity index (χ3v) is 8.83. The third kappa shape index (κ3) is 9.01. The van der Waals surface area contributed by atoms with Crippen molar-refractivity contribution < 1.29 is 27.5 Å². The second kappa shape index (κ2) is 15.3. The van der Waals surface area contributed by atoms with Crippen molar-refractivity contribution in [1.82, 2.24) is 10.2 Å². The number of rotatable bonds is 14. The number of carbonyl (C=O) groups is 2. The normalized spacial score (nSPS) is 12.6. The number of methoxy groups -OCH3 is 2. The smallest absolute Gasteiger partial charge is 0.244 e. The van der Waals surface area contributed by atoms with Gasteiger partial charge in [-0.1, -0.05) is 66.5 Å². The van der Waals surface area contributed by atoms with Crippen molar-refractivity contribution in [2.75, 3.05) is 31.3 Å². The van der Waals surface area contributed by atoms with Gasteiger partial charge in [-0.15, -0.1) is 0 Å². The van der Waals surface area contributed by atoms with E-state index in [9.17, 15) is 18.0 Å². The largest absolute Gasteiger partial charge is 0.497 e. The van der Waals surface area contributed by atoms with Gasteiger partial charge in [0.1, 0.15) is 24.1 Å². The van der Waals surface area contributed by atoms with Crippen LogP contribution in [0.3, 0.4) is 0 Å². The second-order valence-corrected chi connectivity index (χ2v) is 12.8. The lowest BCUT2D eigenvalue weighted by Crippen LogP contribution is -2.54. The van der Waals surface area contributed by atoms with Crippen molar-refractivity contribution in [3.8, 4) is 11.5 Å². The molecule has 2 amide bonds. The fraction of sp³-hybridized carbons (Fsp3) is 0.355. The van der Waals surface area contributed by atoms with Crippen LogP contribution in [0, 0.1) is 0 Å². The zero-order valence-corrected chi connectivity index (χ0v) is 27.2. The quantitative estimate of drug-likeness (QED) is 0.253. The molecular formula is C31H37Cl2N3O6S. The van der Waals surface area contributed by atoms with Crippen LogP contribution in [0.2, 0.25) is 10.0 Å². The Morgan fingerprint density at radius 1 is 0.953 bits per heavy atom. The van der Waals surface area contributed by atoms with Crippen LogP contribution in [0.15, 0.2) is 66.7 Å². The van der Waals surface area contributed by atoms with Gasteiger partial charge >= 0.3 is 0 Å². The molecule has 0 aliphatic heterocycles. The number of nitrogens with one attached hydrogen (secondary N) is 1. The average molecular weight is 651 g/mol. The molecule has 0 saturated heterocycles. The molecule has 3 aromatic rings. The fourth-order valence-corrected chi connectivity index (χ4v) is 5.80. The van der Waals surface area contributed by atoms with Crippen LogP contribution in [0.1, 0.15) is 31.4 Å². The predicted octanol–water partition coefficient (Wildman–Crippen LogP) is 5.33. The Morgan fingerprint density at radius 3 is 2.16 bits per heavy atom. The third-order valence-electron chi connectivity index (χ3n) is 7.00. The monoisotopic (exact) mass is 649 g/mol. The van der Waals surface area contributed by atoms with E-state index >= 15 is 0 Å². The van der Waals surface area contributed by atoms with Gasteiger partial charge in [0.25, 0.3) is 0 Å². The molecule has 9 nitrogen and oxygen atoms in total. The van der Waals surface area contributed by atoms with Gasteiger partial charge in [0.05, 0.1) is 26.2 Å². The molecule has 43 heavy (non-hydrogen) atoms. The molecule has 2 atom stereocenters. The van der Waals surface area contributed by atoms with E-state index in [-0.39, 0.29) is 36.4 Å². The number of sulfonamides is 1. The number of amides is 2. The Bertz CT molecular complexity index is 1500. The lowest BCUT2D eigenvalue weighted by Gasteiger charge is -2.34. The topological polar surface area (TPSA) is 105 Å². The first-order chi connectivity index (χ1) is 20.4. The number of halogens is 2. The maximum absolute atomic E-state index is 14.3. The van der Waals surface area contributed by atoms with Gasteiger partial charge in [-0.05, 0) is 43.2 Å². The highest BCUT2D eigenvalue weighted by atomic mass is 35.5. The highest BCUT2D eigenvalue weighted by Crippen LogP contribution is 2.34. The lowest BCUT2D eigenvalue weighted by atomic mass is 10.0. The summed E-state index contributed by atoms with van der Waals surface area (Å²) in [6.45, 7) is 3.05. The number of benzene rings is 3. The van der Waals surface area contributed by atoms with Crippen molar-refractivity contribution in [2.24, 2.45) is 0 Å². The maximum Gasteiger partial charge on any atom is 0.244 e. The first-order valence-corrected chi connectivity index (χ1v) is 16.3. The number of nitrogens with zero attached hydrogens (tertiary/aromatic N) is 2. The molecule has 0 radical (unpaired) electrons. The molecular weight excluding hydrogens is 613 g/mol. The number of carbonyl (C=O) groups excluding carboxylic acids is 2. The maximum atomic E-state index is 14.3. The van der Waals surface area contributed by atoms with E-state index in [0.717, 1.165) is 16.1 Å². The summed E-state index contributed by atoms with van der Waals surface area (Å²) >= 11 is 13.0. The van der Waals surface area contributed by atoms with Crippen molar-refractivity contribution in [3.63, 3.8) is 0 Å². The van der Waals surface area contributed by atoms with E-state index in [1.54, 1.807) is 24.3 Å². The molecule has 1 N–H and O–H groups in total. The van der Waals surface area contributed by atoms with Gasteiger partial charge in [0, 0.05) is 40.7 Å². The van der Waals surface area contributed by atoms with E-state index in [1.807, 2.05) is 44.2 Å². The van der Waals surface area contributed by atoms with Crippen molar-refractivity contribution in [3.05, 3.63) is 87.9 Å². The number of hydrogen-bond donors (Lipinski definition) is 1. The molecule has 0 aliphatic carbocycles. The van der Waals surface area contributed by atoms with Gasteiger partial charge in [-0.25, -0.2) is 8.42 Å². The Kier molecular flexibility index (Phi) is 12.1. The fourth-order valence-electron chi connectivity index (χ4n) is 4.43. The minimum absolute atomic E-state index is 0.138. The summed E-state index contributed by atoms with van der Waals surface area (Å²) in [4.78, 5) is 29.5. The van der Waals surface area contributed by atoms with Crippen LogP contribution < -0.4 is 19.1 Å². The van der Waals surface area contributed by atoms with E-state index in [1.165, 1.54) is 31.3 Å². The SMILES string of the molecule is CC[C@H](C)NC(=O)[C@@H](Cc1ccccc1)N(Cc1c(Cl)cccc1Cl)C(=O)CN(c1ccc(OC)cc1OC)S(C)(=O)=O. The molecule has 3 aromatic carbocycles. The first kappa shape index (κ1) is 34.0. The van der Waals surface area contributed by atoms with Crippen molar-refractivity contribution in [2.45, 2.75) is 45.3 Å². The van der Waals surface area contributed by atoms with Gasteiger partial charge in [-0.2, -0.15) is 0 Å². The summed E-state index contributed by atoms with van der Waals surface area (Å²) in [5.74, 6) is -0.393. The summed E-state index contributed by atoms with van der Waals surface area (Å²) in [5.41, 5.74) is 1.38. The summed E-state index contributed by atoms with van der Waals surface area (Å²) in [5, 5.41) is 3.60. The number of ether oxygens (including phenoxy) is 2. The first-order valence-electron chi connectivity index (χ1n) is 13.7. The molecule has 0 aliphatic rings. The standard InChI is InChI=1S/C31H37Cl2N3O6S/c1-6-21(2)34-31(38)28(17-22-11-8-7-9-12-22)35(19-24-25(32)13-10-14-26(24)33)30(37)20-36(43(5,39)40)27-16-15-23(41-3)18-29(27)42-4/h7-16,18,21,28H,6,17,19-20H2,1-5H3,(H,34,38)/t21-,28+/m0/s1. The van der Waals surface area contributed by atoms with E-state index in [0.29, 0.717) is 27.8 Å². The molecule has 0 heterocycles. The van der Waals surface area contributed by atoms with Gasteiger partial charge in [-0.3, -0.25) is 13.9 Å². The van der Waals surface area contributed by atoms with Crippen molar-refractivity contribution in [1.29, 1.82) is 0 Å². The Morgan fingerprint density at radius 2 is 1.60 bits per heavy atom. The van der Waals surface area contributed by atoms with E-state index in [2.05, 4.69) is 5.32 Å². The molecule has 232 valence electrons. The summed E-state index contributed by atoms with van der Waals surface area (Å²) in [7, 11) is -1.14. The second-order valence-electron chi connectivity index (χ2n) is 10.1. The van der Waals surface area contributed by atoms with Gasteiger partial charge < -0.3 is 19.7 Å². The Labute approximate surface area is 263 Å². The van der Waals surface area contributed by atoms with Crippen LogP contribution in [-0.4, -0.2) is 64.2 Å². The molecule has 0 unspecified atom stereocenters. The molecule has 12 heteroatoms. The van der Waals surface area contributed by atoms with E-state index < -0.39 is 28.5 Å². The Balaban J connectivity index is 2.14. The van der Waals surface area contributed by atoms with Crippen molar-refractivity contribution >= 4 is 50.7 Å². The van der Waals surface area contributed by atoms with Crippen LogP contribution in [0.4, 0.5) is 5.69 Å². The molecule has 0 fully saturated rings. The summed E-state index contributed by atoms with van der Waals surface area (Å²) in [6.07, 6.45) is 1.84. The number of anilines is 1. The summed E-state index contributed by atoms with van der Waals surface area (Å²) in [6, 6.07) is 17.6. The van der Waals surface area contributed by atoms with Crippen LogP contribution in [0.5, 0.6) is 11.5 Å². The van der Waals surface area contributed by atoms with E-state index in [4.69, 9.17) is 32.7 Å². The summed E-state index contributed by atoms with van der Waals surface area (Å²) < 4.78 is 37.8. The van der Waals surface area contributed by atoms with Gasteiger partial charge in [0.2, 0.25) is 21.8 Å². The molecule has 0 aromatic heterocycles. The van der Waals surface area contributed by atoms with Crippen LogP contribution >= 0.6 is 23.2 Å². The lowest BCUT2D eigenvalue weighted by molar-refractivity contribution is -0.140. The molecule has 0 bridgehead atoms. The predicted molar refractivity (Wildman–Crippen MR) is 171 cm³/mol. The zero-order chi connectivity index (χ0) is 31.7. The number of hydrogen-bond acceptors (Lipinski definition) is 6. The zero-order valence-electron chi connectivity index (χ0n) is 24.8. The van der Waals surface area contributed by atoms with Crippen LogP contribution in [0.25, 0.3) is 0 Å². The van der Waals surface area contributed by atoms with Gasteiger partial charge in [0.15, 0.2) is 0 Å². The minimum Gasteiger partial charge on any atom is -0.497 e. The molecule has 3 rings (SSSR count). The average Bonchev–Trinajstić information content (AvgIpc) is 2.98. The highest BCUT2D eigenvalue weighted by molar-refractivity contribution is 7.92.